The summed E-state index contributed by atoms with van der Waals surface area (Å²) in [6.07, 6.45) is 0.198. The van der Waals surface area contributed by atoms with Crippen LogP contribution in [0.2, 0.25) is 10.0 Å². The molecule has 0 saturated heterocycles. The summed E-state index contributed by atoms with van der Waals surface area (Å²) in [5.41, 5.74) is 3.14. The number of carbonyl (C=O) groups excluding carboxylic acids is 2. The summed E-state index contributed by atoms with van der Waals surface area (Å²) in [4.78, 5) is 30.2. The van der Waals surface area contributed by atoms with Crippen molar-refractivity contribution in [2.45, 2.75) is 76.9 Å². The largest absolute Gasteiger partial charge is 0.350 e. The standard InChI is InChI=1S/C38H43Cl2N3O4S/c1-26(2)30-15-17-31(18-16-30)43(48(46,47)32-19-12-27(3)13-20-32)25-36(44)42(24-29-14-21-33(39)34(40)22-29)35(37(45)41-38(4,5)6)23-28-10-8-7-9-11-28/h7-22,26,35H,23-25H2,1-6H3,(H,41,45). The third-order valence-electron chi connectivity index (χ3n) is 7.84. The van der Waals surface area contributed by atoms with Gasteiger partial charge < -0.3 is 10.2 Å². The van der Waals surface area contributed by atoms with E-state index in [1.54, 1.807) is 42.5 Å². The number of rotatable bonds is 12. The second kappa shape index (κ2) is 15.6. The summed E-state index contributed by atoms with van der Waals surface area (Å²) in [5.74, 6) is -0.701. The minimum absolute atomic E-state index is 0.0184. The van der Waals surface area contributed by atoms with Gasteiger partial charge in [0.25, 0.3) is 10.0 Å². The molecule has 0 bridgehead atoms. The lowest BCUT2D eigenvalue weighted by atomic mass is 10.0. The predicted octanol–water partition coefficient (Wildman–Crippen LogP) is 8.18. The van der Waals surface area contributed by atoms with Gasteiger partial charge in [-0.05, 0) is 86.7 Å². The molecule has 0 aliphatic carbocycles. The Morgan fingerprint density at radius 1 is 0.812 bits per heavy atom. The second-order valence-corrected chi connectivity index (χ2v) is 16.0. The molecular formula is C38H43Cl2N3O4S. The number of nitrogens with zero attached hydrogens (tertiary/aromatic N) is 2. The van der Waals surface area contributed by atoms with Crippen molar-refractivity contribution >= 4 is 50.7 Å². The fourth-order valence-electron chi connectivity index (χ4n) is 5.23. The van der Waals surface area contributed by atoms with Crippen molar-refractivity contribution in [1.29, 1.82) is 0 Å². The van der Waals surface area contributed by atoms with Gasteiger partial charge in [0.1, 0.15) is 12.6 Å². The summed E-state index contributed by atoms with van der Waals surface area (Å²) < 4.78 is 29.7. The molecule has 4 rings (SSSR count). The molecule has 0 radical (unpaired) electrons. The van der Waals surface area contributed by atoms with Gasteiger partial charge in [-0.15, -0.1) is 0 Å². The van der Waals surface area contributed by atoms with E-state index in [0.717, 1.165) is 21.0 Å². The van der Waals surface area contributed by atoms with Crippen LogP contribution in [0.15, 0.2) is 102 Å². The molecule has 0 saturated carbocycles. The Hall–Kier alpha value is -3.85. The SMILES string of the molecule is Cc1ccc(S(=O)(=O)N(CC(=O)N(Cc2ccc(Cl)c(Cl)c2)C(Cc2ccccc2)C(=O)NC(C)(C)C)c2ccc(C(C)C)cc2)cc1. The van der Waals surface area contributed by atoms with E-state index in [-0.39, 0.29) is 29.7 Å². The Labute approximate surface area is 294 Å². The van der Waals surface area contributed by atoms with Crippen LogP contribution in [0, 0.1) is 6.92 Å². The minimum atomic E-state index is -4.20. The first-order valence-electron chi connectivity index (χ1n) is 15.8. The summed E-state index contributed by atoms with van der Waals surface area (Å²) in [5, 5.41) is 3.68. The third-order valence-corrected chi connectivity index (χ3v) is 10.4. The van der Waals surface area contributed by atoms with Gasteiger partial charge in [0.05, 0.1) is 20.6 Å². The van der Waals surface area contributed by atoms with Gasteiger partial charge >= 0.3 is 0 Å². The van der Waals surface area contributed by atoms with E-state index < -0.39 is 34.1 Å². The van der Waals surface area contributed by atoms with Crippen molar-refractivity contribution in [2.24, 2.45) is 0 Å². The Morgan fingerprint density at radius 3 is 2.00 bits per heavy atom. The number of nitrogens with one attached hydrogen (secondary N) is 1. The zero-order valence-electron chi connectivity index (χ0n) is 28.2. The molecule has 0 aromatic heterocycles. The summed E-state index contributed by atoms with van der Waals surface area (Å²) >= 11 is 12.6. The van der Waals surface area contributed by atoms with Crippen molar-refractivity contribution in [3.63, 3.8) is 0 Å². The average Bonchev–Trinajstić information content (AvgIpc) is 3.03. The van der Waals surface area contributed by atoms with E-state index in [9.17, 15) is 18.0 Å². The molecule has 7 nitrogen and oxygen atoms in total. The van der Waals surface area contributed by atoms with Gasteiger partial charge in [0, 0.05) is 18.5 Å². The van der Waals surface area contributed by atoms with Crippen LogP contribution in [0.5, 0.6) is 0 Å². The van der Waals surface area contributed by atoms with Crippen molar-refractivity contribution in [3.8, 4) is 0 Å². The van der Waals surface area contributed by atoms with Gasteiger partial charge in [-0.1, -0.05) is 103 Å². The molecular weight excluding hydrogens is 665 g/mol. The van der Waals surface area contributed by atoms with Crippen LogP contribution in [0.3, 0.4) is 0 Å². The lowest BCUT2D eigenvalue weighted by Gasteiger charge is -2.35. The molecule has 0 heterocycles. The van der Waals surface area contributed by atoms with Crippen molar-refractivity contribution in [2.75, 3.05) is 10.8 Å². The lowest BCUT2D eigenvalue weighted by molar-refractivity contribution is -0.140. The number of carbonyl (C=O) groups is 2. The highest BCUT2D eigenvalue weighted by atomic mass is 35.5. The van der Waals surface area contributed by atoms with Crippen LogP contribution in [0.25, 0.3) is 0 Å². The number of hydrogen-bond acceptors (Lipinski definition) is 4. The zero-order chi connectivity index (χ0) is 35.2. The molecule has 4 aromatic carbocycles. The zero-order valence-corrected chi connectivity index (χ0v) is 30.5. The Morgan fingerprint density at radius 2 is 1.44 bits per heavy atom. The lowest BCUT2D eigenvalue weighted by Crippen LogP contribution is -2.56. The van der Waals surface area contributed by atoms with Crippen molar-refractivity contribution in [3.05, 3.63) is 129 Å². The number of benzene rings is 4. The van der Waals surface area contributed by atoms with E-state index in [2.05, 4.69) is 19.2 Å². The van der Waals surface area contributed by atoms with Gasteiger partial charge in [0.15, 0.2) is 0 Å². The third kappa shape index (κ3) is 9.62. The Kier molecular flexibility index (Phi) is 12.0. The maximum atomic E-state index is 14.7. The molecule has 1 N–H and O–H groups in total. The van der Waals surface area contributed by atoms with Crippen LogP contribution >= 0.6 is 23.2 Å². The number of amides is 2. The molecule has 0 aliphatic heterocycles. The van der Waals surface area contributed by atoms with E-state index in [1.807, 2.05) is 70.2 Å². The first kappa shape index (κ1) is 37.0. The highest BCUT2D eigenvalue weighted by molar-refractivity contribution is 7.92. The quantitative estimate of drug-likeness (QED) is 0.161. The number of sulfonamides is 1. The molecule has 10 heteroatoms. The molecule has 4 aromatic rings. The first-order chi connectivity index (χ1) is 22.5. The highest BCUT2D eigenvalue weighted by Crippen LogP contribution is 2.28. The van der Waals surface area contributed by atoms with Gasteiger partial charge in [-0.25, -0.2) is 8.42 Å². The Bertz CT molecular complexity index is 1820. The molecule has 0 fully saturated rings. The topological polar surface area (TPSA) is 86.8 Å². The van der Waals surface area contributed by atoms with Crippen molar-refractivity contribution < 1.29 is 18.0 Å². The normalized spacial score (nSPS) is 12.4. The van der Waals surface area contributed by atoms with Crippen LogP contribution in [-0.2, 0) is 32.6 Å². The maximum Gasteiger partial charge on any atom is 0.264 e. The number of hydrogen-bond donors (Lipinski definition) is 1. The molecule has 0 aliphatic rings. The van der Waals surface area contributed by atoms with Gasteiger partial charge in [-0.2, -0.15) is 0 Å². The first-order valence-corrected chi connectivity index (χ1v) is 18.0. The summed E-state index contributed by atoms with van der Waals surface area (Å²) in [6, 6.07) is 27.1. The number of halogens is 2. The molecule has 0 spiro atoms. The summed E-state index contributed by atoms with van der Waals surface area (Å²) in [7, 11) is -4.20. The second-order valence-electron chi connectivity index (χ2n) is 13.3. The average molecular weight is 709 g/mol. The van der Waals surface area contributed by atoms with Gasteiger partial charge in [0.2, 0.25) is 11.8 Å². The highest BCUT2D eigenvalue weighted by Gasteiger charge is 2.35. The van der Waals surface area contributed by atoms with E-state index in [1.165, 1.54) is 17.0 Å². The molecule has 254 valence electrons. The number of anilines is 1. The fraction of sp³-hybridized carbons (Fsp3) is 0.316. The molecule has 2 amide bonds. The van der Waals surface area contributed by atoms with Crippen LogP contribution in [0.4, 0.5) is 5.69 Å². The van der Waals surface area contributed by atoms with E-state index >= 15 is 0 Å². The minimum Gasteiger partial charge on any atom is -0.350 e. The predicted molar refractivity (Wildman–Crippen MR) is 195 cm³/mol. The van der Waals surface area contributed by atoms with Crippen LogP contribution in [-0.4, -0.2) is 43.3 Å². The summed E-state index contributed by atoms with van der Waals surface area (Å²) in [6.45, 7) is 11.0. The molecule has 1 unspecified atom stereocenters. The van der Waals surface area contributed by atoms with Gasteiger partial charge in [-0.3, -0.25) is 13.9 Å². The van der Waals surface area contributed by atoms with Crippen LogP contribution in [0.1, 0.15) is 62.8 Å². The molecule has 1 atom stereocenters. The number of aryl methyl sites for hydroxylation is 1. The van der Waals surface area contributed by atoms with E-state index in [0.29, 0.717) is 21.3 Å². The monoisotopic (exact) mass is 707 g/mol. The molecule has 48 heavy (non-hydrogen) atoms. The fourth-order valence-corrected chi connectivity index (χ4v) is 6.97. The van der Waals surface area contributed by atoms with Crippen LogP contribution < -0.4 is 9.62 Å². The Balaban J connectivity index is 1.84. The van der Waals surface area contributed by atoms with Crippen molar-refractivity contribution in [1.82, 2.24) is 10.2 Å². The maximum absolute atomic E-state index is 14.7. The smallest absolute Gasteiger partial charge is 0.264 e. The van der Waals surface area contributed by atoms with E-state index in [4.69, 9.17) is 23.2 Å².